The molecule has 3 rings (SSSR count). The third-order valence-electron chi connectivity index (χ3n) is 3.66. The number of hydrogen-bond acceptors (Lipinski definition) is 5. The number of nitrogens with zero attached hydrogens (tertiary/aromatic N) is 5. The third-order valence-corrected chi connectivity index (χ3v) is 3.90. The number of halogens is 1. The summed E-state index contributed by atoms with van der Waals surface area (Å²) in [5.74, 6) is -0.553. The zero-order valence-electron chi connectivity index (χ0n) is 14.0. The molecule has 10 heteroatoms. The van der Waals surface area contributed by atoms with Crippen LogP contribution in [-0.2, 0) is 6.67 Å². The molecule has 2 aromatic heterocycles. The second-order valence-corrected chi connectivity index (χ2v) is 6.12. The van der Waals surface area contributed by atoms with Gasteiger partial charge in [-0.3, -0.25) is 19.6 Å². The van der Waals surface area contributed by atoms with Gasteiger partial charge in [-0.15, -0.1) is 0 Å². The Morgan fingerprint density at radius 1 is 1.27 bits per heavy atom. The topological polar surface area (TPSA) is 108 Å². The Kier molecular flexibility index (Phi) is 4.72. The lowest BCUT2D eigenvalue weighted by Gasteiger charge is -2.05. The van der Waals surface area contributed by atoms with E-state index in [2.05, 4.69) is 15.5 Å². The van der Waals surface area contributed by atoms with Gasteiger partial charge in [0.15, 0.2) is 5.69 Å². The molecule has 0 aliphatic heterocycles. The zero-order valence-corrected chi connectivity index (χ0v) is 14.8. The maximum Gasteiger partial charge on any atom is 0.294 e. The SMILES string of the molecule is Cc1cc(C)n(Cn2ccc(C(=O)Nc3ccc(Cl)cc3[N+](=O)[O-])n2)n1. The van der Waals surface area contributed by atoms with Gasteiger partial charge in [0.05, 0.1) is 10.6 Å². The Morgan fingerprint density at radius 2 is 2.04 bits per heavy atom. The Labute approximate surface area is 153 Å². The van der Waals surface area contributed by atoms with E-state index in [0.29, 0.717) is 6.67 Å². The van der Waals surface area contributed by atoms with E-state index in [1.807, 2.05) is 19.9 Å². The van der Waals surface area contributed by atoms with Gasteiger partial charge in [0.25, 0.3) is 11.6 Å². The molecule has 0 spiro atoms. The number of rotatable bonds is 5. The van der Waals surface area contributed by atoms with Crippen molar-refractivity contribution in [1.29, 1.82) is 0 Å². The smallest absolute Gasteiger partial charge is 0.294 e. The van der Waals surface area contributed by atoms with Crippen molar-refractivity contribution >= 4 is 28.9 Å². The fraction of sp³-hybridized carbons (Fsp3) is 0.188. The maximum absolute atomic E-state index is 12.3. The summed E-state index contributed by atoms with van der Waals surface area (Å²) in [4.78, 5) is 22.8. The number of benzene rings is 1. The van der Waals surface area contributed by atoms with Crippen molar-refractivity contribution in [3.8, 4) is 0 Å². The lowest BCUT2D eigenvalue weighted by Crippen LogP contribution is -2.16. The summed E-state index contributed by atoms with van der Waals surface area (Å²) in [7, 11) is 0. The highest BCUT2D eigenvalue weighted by molar-refractivity contribution is 6.31. The van der Waals surface area contributed by atoms with Crippen molar-refractivity contribution in [3.05, 3.63) is 68.7 Å². The van der Waals surface area contributed by atoms with Crippen molar-refractivity contribution in [3.63, 3.8) is 0 Å². The summed E-state index contributed by atoms with van der Waals surface area (Å²) in [5, 5.41) is 22.3. The van der Waals surface area contributed by atoms with Crippen LogP contribution in [0.25, 0.3) is 0 Å². The number of carbonyl (C=O) groups excluding carboxylic acids is 1. The molecule has 0 fully saturated rings. The quantitative estimate of drug-likeness (QED) is 0.545. The zero-order chi connectivity index (χ0) is 18.8. The molecular weight excluding hydrogens is 360 g/mol. The second kappa shape index (κ2) is 6.96. The number of carbonyl (C=O) groups is 1. The van der Waals surface area contributed by atoms with E-state index >= 15 is 0 Å². The summed E-state index contributed by atoms with van der Waals surface area (Å²) in [6.07, 6.45) is 1.64. The fourth-order valence-corrected chi connectivity index (χ4v) is 2.63. The highest BCUT2D eigenvalue weighted by Crippen LogP contribution is 2.28. The van der Waals surface area contributed by atoms with E-state index in [1.54, 1.807) is 15.6 Å². The van der Waals surface area contributed by atoms with E-state index in [1.165, 1.54) is 24.3 Å². The van der Waals surface area contributed by atoms with Crippen LogP contribution >= 0.6 is 11.6 Å². The van der Waals surface area contributed by atoms with Crippen LogP contribution in [0, 0.1) is 24.0 Å². The molecule has 1 amide bonds. The lowest BCUT2D eigenvalue weighted by atomic mass is 10.2. The molecular formula is C16H15ClN6O3. The number of aryl methyl sites for hydroxylation is 2. The van der Waals surface area contributed by atoms with Gasteiger partial charge in [0.2, 0.25) is 0 Å². The molecule has 0 radical (unpaired) electrons. The van der Waals surface area contributed by atoms with E-state index in [9.17, 15) is 14.9 Å². The Morgan fingerprint density at radius 3 is 2.69 bits per heavy atom. The average Bonchev–Trinajstić information content (AvgIpc) is 3.16. The molecule has 2 heterocycles. The van der Waals surface area contributed by atoms with Gasteiger partial charge < -0.3 is 5.32 Å². The number of amides is 1. The molecule has 0 saturated carbocycles. The van der Waals surface area contributed by atoms with Crippen molar-refractivity contribution in [1.82, 2.24) is 19.6 Å². The van der Waals surface area contributed by atoms with Crippen LogP contribution in [0.15, 0.2) is 36.5 Å². The van der Waals surface area contributed by atoms with Crippen LogP contribution in [-0.4, -0.2) is 30.4 Å². The molecule has 0 aliphatic rings. The standard InChI is InChI=1S/C16H15ClN6O3/c1-10-7-11(2)22(19-10)9-21-6-5-14(20-21)16(24)18-13-4-3-12(17)8-15(13)23(25)26/h3-8H,9H2,1-2H3,(H,18,24). The fourth-order valence-electron chi connectivity index (χ4n) is 2.46. The molecule has 26 heavy (non-hydrogen) atoms. The molecule has 1 aromatic carbocycles. The molecule has 0 bridgehead atoms. The van der Waals surface area contributed by atoms with Crippen LogP contribution in [0.1, 0.15) is 21.9 Å². The summed E-state index contributed by atoms with van der Waals surface area (Å²) in [6.45, 7) is 4.18. The second-order valence-electron chi connectivity index (χ2n) is 5.68. The van der Waals surface area contributed by atoms with E-state index in [-0.39, 0.29) is 22.1 Å². The van der Waals surface area contributed by atoms with Gasteiger partial charge in [-0.05, 0) is 38.1 Å². The summed E-state index contributed by atoms with van der Waals surface area (Å²) in [6, 6.07) is 7.50. The van der Waals surface area contributed by atoms with Crippen molar-refractivity contribution < 1.29 is 9.72 Å². The molecule has 0 unspecified atom stereocenters. The maximum atomic E-state index is 12.3. The largest absolute Gasteiger partial charge is 0.315 e. The van der Waals surface area contributed by atoms with Gasteiger partial charge >= 0.3 is 0 Å². The first-order chi connectivity index (χ1) is 12.3. The molecule has 3 aromatic rings. The number of aromatic nitrogens is 4. The van der Waals surface area contributed by atoms with Crippen LogP contribution in [0.3, 0.4) is 0 Å². The van der Waals surface area contributed by atoms with Gasteiger partial charge in [0.1, 0.15) is 12.4 Å². The van der Waals surface area contributed by atoms with E-state index < -0.39 is 10.8 Å². The molecule has 0 aliphatic carbocycles. The van der Waals surface area contributed by atoms with Crippen LogP contribution < -0.4 is 5.32 Å². The lowest BCUT2D eigenvalue weighted by molar-refractivity contribution is -0.383. The number of anilines is 1. The van der Waals surface area contributed by atoms with Gasteiger partial charge in [-0.25, -0.2) is 4.68 Å². The van der Waals surface area contributed by atoms with Crippen molar-refractivity contribution in [2.24, 2.45) is 0 Å². The van der Waals surface area contributed by atoms with E-state index in [0.717, 1.165) is 11.4 Å². The molecule has 0 saturated heterocycles. The Hall–Kier alpha value is -3.20. The van der Waals surface area contributed by atoms with Crippen LogP contribution in [0.4, 0.5) is 11.4 Å². The summed E-state index contributed by atoms with van der Waals surface area (Å²) >= 11 is 5.77. The van der Waals surface area contributed by atoms with Gasteiger partial charge in [0, 0.05) is 23.0 Å². The number of nitrogens with one attached hydrogen (secondary N) is 1. The third kappa shape index (κ3) is 3.72. The predicted molar refractivity (Wildman–Crippen MR) is 95.4 cm³/mol. The molecule has 0 atom stereocenters. The van der Waals surface area contributed by atoms with Gasteiger partial charge in [-0.2, -0.15) is 10.2 Å². The van der Waals surface area contributed by atoms with Crippen molar-refractivity contribution in [2.45, 2.75) is 20.5 Å². The minimum atomic E-state index is -0.608. The predicted octanol–water partition coefficient (Wildman–Crippen LogP) is 3.02. The highest BCUT2D eigenvalue weighted by Gasteiger charge is 2.18. The first kappa shape index (κ1) is 17.6. The monoisotopic (exact) mass is 374 g/mol. The van der Waals surface area contributed by atoms with Crippen LogP contribution in [0.2, 0.25) is 5.02 Å². The molecule has 1 N–H and O–H groups in total. The molecule has 9 nitrogen and oxygen atoms in total. The summed E-state index contributed by atoms with van der Waals surface area (Å²) in [5.41, 5.74) is 1.77. The van der Waals surface area contributed by atoms with Crippen molar-refractivity contribution in [2.75, 3.05) is 5.32 Å². The minimum Gasteiger partial charge on any atom is -0.315 e. The average molecular weight is 375 g/mol. The normalized spacial score (nSPS) is 10.7. The van der Waals surface area contributed by atoms with Gasteiger partial charge in [-0.1, -0.05) is 11.6 Å². The number of nitro benzene ring substituents is 1. The number of nitro groups is 1. The Balaban J connectivity index is 1.77. The number of hydrogen-bond donors (Lipinski definition) is 1. The first-order valence-corrected chi connectivity index (χ1v) is 8.01. The van der Waals surface area contributed by atoms with Crippen LogP contribution in [0.5, 0.6) is 0 Å². The highest BCUT2D eigenvalue weighted by atomic mass is 35.5. The Bertz CT molecular complexity index is 994. The minimum absolute atomic E-state index is 0.0532. The first-order valence-electron chi connectivity index (χ1n) is 7.63. The molecule has 134 valence electrons. The van der Waals surface area contributed by atoms with E-state index in [4.69, 9.17) is 11.6 Å². The summed E-state index contributed by atoms with van der Waals surface area (Å²) < 4.78 is 3.32.